The minimum absolute atomic E-state index is 0.0149. The molecule has 1 aromatic carbocycles. The van der Waals surface area contributed by atoms with Gasteiger partial charge in [-0.3, -0.25) is 4.79 Å². The number of benzene rings is 1. The number of hydrogen-bond acceptors (Lipinski definition) is 4. The Kier molecular flexibility index (Phi) is 6.44. The van der Waals surface area contributed by atoms with Crippen LogP contribution in [-0.2, 0) is 4.79 Å². The van der Waals surface area contributed by atoms with Crippen LogP contribution in [-0.4, -0.2) is 54.3 Å². The van der Waals surface area contributed by atoms with Crippen LogP contribution in [0.15, 0.2) is 18.2 Å². The molecule has 1 saturated heterocycles. The van der Waals surface area contributed by atoms with E-state index in [1.54, 1.807) is 18.2 Å². The number of carbonyl (C=O) groups excluding carboxylic acids is 1. The summed E-state index contributed by atoms with van der Waals surface area (Å²) in [6, 6.07) is 5.41. The Balaban J connectivity index is 1.35. The first-order valence-corrected chi connectivity index (χ1v) is 9.55. The van der Waals surface area contributed by atoms with Crippen molar-refractivity contribution in [2.24, 2.45) is 5.92 Å². The number of rotatable bonds is 7. The molecule has 0 bridgehead atoms. The highest BCUT2D eigenvalue weighted by Gasteiger charge is 2.34. The number of piperidine rings is 1. The summed E-state index contributed by atoms with van der Waals surface area (Å²) in [6.07, 6.45) is 3.80. The molecule has 2 atom stereocenters. The zero-order valence-corrected chi connectivity index (χ0v) is 15.6. The van der Waals surface area contributed by atoms with Gasteiger partial charge in [0.2, 0.25) is 0 Å². The highest BCUT2D eigenvalue weighted by atomic mass is 35.5. The number of nitrogens with zero attached hydrogens (tertiary/aromatic N) is 1. The molecular weight excluding hydrogens is 363 g/mol. The third-order valence-corrected chi connectivity index (χ3v) is 5.46. The first kappa shape index (κ1) is 18.8. The summed E-state index contributed by atoms with van der Waals surface area (Å²) in [7, 11) is 0. The Morgan fingerprint density at radius 3 is 2.68 bits per heavy atom. The lowest BCUT2D eigenvalue weighted by atomic mass is 10.0. The molecule has 25 heavy (non-hydrogen) atoms. The van der Waals surface area contributed by atoms with E-state index in [4.69, 9.17) is 27.9 Å². The smallest absolute Gasteiger partial charge is 0.260 e. The Hall–Kier alpha value is -1.01. The quantitative estimate of drug-likeness (QED) is 0.755. The normalized spacial score (nSPS) is 23.6. The van der Waals surface area contributed by atoms with E-state index in [1.807, 2.05) is 4.90 Å². The predicted molar refractivity (Wildman–Crippen MR) is 98.3 cm³/mol. The number of carbonyl (C=O) groups is 1. The van der Waals surface area contributed by atoms with Gasteiger partial charge in [0, 0.05) is 24.2 Å². The summed E-state index contributed by atoms with van der Waals surface area (Å²) in [5.41, 5.74) is 0. The van der Waals surface area contributed by atoms with Crippen LogP contribution in [0, 0.1) is 5.92 Å². The Bertz CT molecular complexity index is 606. The van der Waals surface area contributed by atoms with Crippen molar-refractivity contribution >= 4 is 29.1 Å². The lowest BCUT2D eigenvalue weighted by Crippen LogP contribution is -2.46. The number of amides is 1. The molecular formula is C18H24Cl2N2O3. The van der Waals surface area contributed by atoms with E-state index < -0.39 is 0 Å². The van der Waals surface area contributed by atoms with E-state index in [9.17, 15) is 9.90 Å². The number of likely N-dealkylation sites (tertiary alicyclic amines) is 1. The summed E-state index contributed by atoms with van der Waals surface area (Å²) in [6.45, 7) is 2.40. The van der Waals surface area contributed by atoms with Crippen molar-refractivity contribution in [3.8, 4) is 5.75 Å². The number of nitrogens with one attached hydrogen (secondary N) is 1. The van der Waals surface area contributed by atoms with Crippen LogP contribution >= 0.6 is 23.2 Å². The van der Waals surface area contributed by atoms with Gasteiger partial charge in [0.15, 0.2) is 6.61 Å². The van der Waals surface area contributed by atoms with Gasteiger partial charge >= 0.3 is 0 Å². The van der Waals surface area contributed by atoms with Crippen molar-refractivity contribution in [2.45, 2.75) is 37.8 Å². The molecule has 1 amide bonds. The highest BCUT2D eigenvalue weighted by Crippen LogP contribution is 2.32. The highest BCUT2D eigenvalue weighted by molar-refractivity contribution is 6.35. The van der Waals surface area contributed by atoms with E-state index in [0.29, 0.717) is 27.8 Å². The van der Waals surface area contributed by atoms with Crippen molar-refractivity contribution in [3.05, 3.63) is 28.2 Å². The summed E-state index contributed by atoms with van der Waals surface area (Å²) < 4.78 is 5.52. The number of hydrogen-bond donors (Lipinski definition) is 2. The average molecular weight is 387 g/mol. The van der Waals surface area contributed by atoms with Crippen molar-refractivity contribution in [2.75, 3.05) is 26.2 Å². The van der Waals surface area contributed by atoms with Gasteiger partial charge in [-0.1, -0.05) is 23.2 Å². The number of aliphatic hydroxyl groups is 1. The lowest BCUT2D eigenvalue weighted by molar-refractivity contribution is -0.134. The van der Waals surface area contributed by atoms with E-state index in [0.717, 1.165) is 45.3 Å². The topological polar surface area (TPSA) is 61.8 Å². The second-order valence-corrected chi connectivity index (χ2v) is 7.67. The second kappa shape index (κ2) is 8.58. The summed E-state index contributed by atoms with van der Waals surface area (Å²) >= 11 is 11.9. The van der Waals surface area contributed by atoms with Crippen molar-refractivity contribution in [1.82, 2.24) is 10.2 Å². The monoisotopic (exact) mass is 386 g/mol. The zero-order chi connectivity index (χ0) is 17.8. The van der Waals surface area contributed by atoms with Crippen LogP contribution in [0.1, 0.15) is 25.7 Å². The molecule has 7 heteroatoms. The molecule has 2 fully saturated rings. The molecule has 0 radical (unpaired) electrons. The van der Waals surface area contributed by atoms with Gasteiger partial charge in [0.1, 0.15) is 5.75 Å². The fraction of sp³-hybridized carbons (Fsp3) is 0.611. The maximum Gasteiger partial charge on any atom is 0.260 e. The minimum Gasteiger partial charge on any atom is -0.482 e. The fourth-order valence-electron chi connectivity index (χ4n) is 3.17. The Morgan fingerprint density at radius 1 is 1.32 bits per heavy atom. The lowest BCUT2D eigenvalue weighted by Gasteiger charge is -2.32. The zero-order valence-electron chi connectivity index (χ0n) is 14.1. The molecule has 1 heterocycles. The van der Waals surface area contributed by atoms with Gasteiger partial charge in [-0.15, -0.1) is 0 Å². The molecule has 2 unspecified atom stereocenters. The van der Waals surface area contributed by atoms with Gasteiger partial charge in [-0.2, -0.15) is 0 Å². The van der Waals surface area contributed by atoms with E-state index >= 15 is 0 Å². The van der Waals surface area contributed by atoms with Crippen LogP contribution < -0.4 is 10.1 Å². The van der Waals surface area contributed by atoms with Gasteiger partial charge in [-0.25, -0.2) is 0 Å². The van der Waals surface area contributed by atoms with Crippen molar-refractivity contribution in [3.63, 3.8) is 0 Å². The van der Waals surface area contributed by atoms with Crippen LogP contribution in [0.2, 0.25) is 10.0 Å². The van der Waals surface area contributed by atoms with E-state index in [1.165, 1.54) is 0 Å². The first-order valence-electron chi connectivity index (χ1n) is 8.80. The van der Waals surface area contributed by atoms with Crippen LogP contribution in [0.25, 0.3) is 0 Å². The van der Waals surface area contributed by atoms with Gasteiger partial charge in [0.05, 0.1) is 11.1 Å². The average Bonchev–Trinajstić information content (AvgIpc) is 3.30. The van der Waals surface area contributed by atoms with Crippen molar-refractivity contribution < 1.29 is 14.6 Å². The maximum absolute atomic E-state index is 12.3. The minimum atomic E-state index is -0.0737. The largest absolute Gasteiger partial charge is 0.482 e. The molecule has 0 spiro atoms. The third kappa shape index (κ3) is 5.48. The molecule has 138 valence electrons. The second-order valence-electron chi connectivity index (χ2n) is 6.82. The van der Waals surface area contributed by atoms with Gasteiger partial charge in [0.25, 0.3) is 5.91 Å². The van der Waals surface area contributed by atoms with Crippen LogP contribution in [0.5, 0.6) is 5.75 Å². The van der Waals surface area contributed by atoms with Crippen LogP contribution in [0.3, 0.4) is 0 Å². The number of ether oxygens (including phenoxy) is 1. The SMILES string of the molecule is O=C(COc1ccc(Cl)cc1Cl)N1CCC(NCCC2CC2O)CC1. The Morgan fingerprint density at radius 2 is 2.04 bits per heavy atom. The number of halogens is 2. The molecule has 1 saturated carbocycles. The summed E-state index contributed by atoms with van der Waals surface area (Å²) in [5, 5.41) is 13.8. The van der Waals surface area contributed by atoms with Gasteiger partial charge in [-0.05, 0) is 56.3 Å². The Labute approximate surface area is 158 Å². The predicted octanol–water partition coefficient (Wildman–Crippen LogP) is 2.72. The van der Waals surface area contributed by atoms with Gasteiger partial charge < -0.3 is 20.1 Å². The number of aliphatic hydroxyl groups excluding tert-OH is 1. The van der Waals surface area contributed by atoms with E-state index in [-0.39, 0.29) is 18.6 Å². The standard InChI is InChI=1S/C18H24Cl2N2O3/c19-13-1-2-17(15(20)10-13)25-11-18(24)22-7-4-14(5-8-22)21-6-3-12-9-16(12)23/h1-2,10,12,14,16,21,23H,3-9,11H2. The summed E-state index contributed by atoms with van der Waals surface area (Å²) in [4.78, 5) is 14.1. The van der Waals surface area contributed by atoms with E-state index in [2.05, 4.69) is 5.32 Å². The van der Waals surface area contributed by atoms with Crippen molar-refractivity contribution in [1.29, 1.82) is 0 Å². The molecule has 1 aliphatic carbocycles. The fourth-order valence-corrected chi connectivity index (χ4v) is 3.63. The molecule has 3 rings (SSSR count). The molecule has 5 nitrogen and oxygen atoms in total. The molecule has 2 aliphatic rings. The molecule has 2 N–H and O–H groups in total. The molecule has 0 aromatic heterocycles. The molecule has 1 aromatic rings. The molecule has 1 aliphatic heterocycles. The third-order valence-electron chi connectivity index (χ3n) is 4.93. The first-order chi connectivity index (χ1) is 12.0. The summed E-state index contributed by atoms with van der Waals surface area (Å²) in [5.74, 6) is 0.940. The maximum atomic E-state index is 12.3. The van der Waals surface area contributed by atoms with Crippen LogP contribution in [0.4, 0.5) is 0 Å².